The van der Waals surface area contributed by atoms with Crippen LogP contribution in [0.5, 0.6) is 0 Å². The Balaban J connectivity index is 2.07. The van der Waals surface area contributed by atoms with E-state index in [1.54, 1.807) is 0 Å². The van der Waals surface area contributed by atoms with Gasteiger partial charge in [0, 0.05) is 29.8 Å². The number of hydrogen-bond donors (Lipinski definition) is 2. The molecule has 0 bridgehead atoms. The molecule has 1 aromatic carbocycles. The molecule has 0 atom stereocenters. The summed E-state index contributed by atoms with van der Waals surface area (Å²) in [7, 11) is 0. The fourth-order valence-corrected chi connectivity index (χ4v) is 3.27. The molecule has 0 aromatic heterocycles. The lowest BCUT2D eigenvalue weighted by Gasteiger charge is -2.40. The van der Waals surface area contributed by atoms with Gasteiger partial charge in [-0.05, 0) is 37.0 Å². The summed E-state index contributed by atoms with van der Waals surface area (Å²) in [6, 6.07) is 7.68. The van der Waals surface area contributed by atoms with Crippen LogP contribution in [0, 0.1) is 5.92 Å². The topological polar surface area (TPSA) is 52.6 Å². The quantitative estimate of drug-likeness (QED) is 0.850. The molecule has 21 heavy (non-hydrogen) atoms. The van der Waals surface area contributed by atoms with E-state index in [4.69, 9.17) is 0 Å². The maximum absolute atomic E-state index is 11.8. The Morgan fingerprint density at radius 2 is 2.10 bits per heavy atom. The first-order valence-corrected chi connectivity index (χ1v) is 8.20. The zero-order chi connectivity index (χ0) is 15.5. The Morgan fingerprint density at radius 3 is 2.62 bits per heavy atom. The van der Waals surface area contributed by atoms with Gasteiger partial charge >= 0.3 is 5.97 Å². The molecule has 1 fully saturated rings. The van der Waals surface area contributed by atoms with E-state index >= 15 is 0 Å². The van der Waals surface area contributed by atoms with Crippen molar-refractivity contribution < 1.29 is 9.90 Å². The number of carbonyl (C=O) groups is 1. The fraction of sp³-hybridized carbons (Fsp3) is 0.562. The van der Waals surface area contributed by atoms with Crippen LogP contribution in [0.1, 0.15) is 26.7 Å². The van der Waals surface area contributed by atoms with E-state index in [0.29, 0.717) is 18.8 Å². The lowest BCUT2D eigenvalue weighted by atomic mass is 9.86. The number of likely N-dealkylation sites (tertiary alicyclic amines) is 1. The summed E-state index contributed by atoms with van der Waals surface area (Å²) in [6.07, 6.45) is 1.25. The molecular formula is C16H23BrN2O2. The number of aliphatic carboxylic acids is 1. The van der Waals surface area contributed by atoms with Crippen LogP contribution in [0.25, 0.3) is 0 Å². The van der Waals surface area contributed by atoms with Gasteiger partial charge < -0.3 is 15.3 Å². The van der Waals surface area contributed by atoms with Crippen LogP contribution in [-0.2, 0) is 4.79 Å². The van der Waals surface area contributed by atoms with Crippen molar-refractivity contribution in [1.82, 2.24) is 4.90 Å². The first-order chi connectivity index (χ1) is 9.91. The second-order valence-electron chi connectivity index (χ2n) is 6.22. The number of nitrogens with zero attached hydrogens (tertiary/aromatic N) is 1. The number of carboxylic acid groups (broad SMARTS) is 1. The van der Waals surface area contributed by atoms with Crippen LogP contribution in [-0.4, -0.2) is 41.1 Å². The highest BCUT2D eigenvalue weighted by Crippen LogP contribution is 2.29. The van der Waals surface area contributed by atoms with Crippen LogP contribution in [0.15, 0.2) is 28.7 Å². The minimum atomic E-state index is -0.853. The molecule has 4 nitrogen and oxygen atoms in total. The summed E-state index contributed by atoms with van der Waals surface area (Å²) < 4.78 is 0.949. The van der Waals surface area contributed by atoms with Crippen molar-refractivity contribution in [2.75, 3.05) is 25.0 Å². The molecule has 0 aliphatic carbocycles. The van der Waals surface area contributed by atoms with Crippen LogP contribution in [0.3, 0.4) is 0 Å². The molecule has 116 valence electrons. The van der Waals surface area contributed by atoms with E-state index in [1.165, 1.54) is 0 Å². The molecule has 0 spiro atoms. The van der Waals surface area contributed by atoms with Crippen molar-refractivity contribution in [3.05, 3.63) is 28.7 Å². The van der Waals surface area contributed by atoms with Gasteiger partial charge in [0.15, 0.2) is 0 Å². The average Bonchev–Trinajstić information content (AvgIpc) is 2.40. The lowest BCUT2D eigenvalue weighted by Crippen LogP contribution is -2.54. The molecule has 0 unspecified atom stereocenters. The number of halogens is 1. The zero-order valence-electron chi connectivity index (χ0n) is 12.6. The number of benzene rings is 1. The van der Waals surface area contributed by atoms with Crippen molar-refractivity contribution in [3.63, 3.8) is 0 Å². The zero-order valence-corrected chi connectivity index (χ0v) is 14.2. The number of hydrogen-bond acceptors (Lipinski definition) is 3. The van der Waals surface area contributed by atoms with Gasteiger partial charge in [-0.2, -0.15) is 0 Å². The second-order valence-corrected chi connectivity index (χ2v) is 7.13. The summed E-state index contributed by atoms with van der Waals surface area (Å²) in [5.41, 5.74) is -0.00190. The lowest BCUT2D eigenvalue weighted by molar-refractivity contribution is -0.144. The molecule has 5 heteroatoms. The Bertz CT molecular complexity index is 497. The monoisotopic (exact) mass is 354 g/mol. The molecule has 0 radical (unpaired) electrons. The number of anilines is 1. The van der Waals surface area contributed by atoms with Crippen molar-refractivity contribution in [2.45, 2.75) is 32.2 Å². The van der Waals surface area contributed by atoms with Crippen molar-refractivity contribution in [2.24, 2.45) is 5.92 Å². The van der Waals surface area contributed by atoms with E-state index in [0.717, 1.165) is 29.8 Å². The minimum Gasteiger partial charge on any atom is -0.480 e. The Kier molecular flexibility index (Phi) is 5.27. The first-order valence-electron chi connectivity index (χ1n) is 7.41. The van der Waals surface area contributed by atoms with E-state index in [-0.39, 0.29) is 0 Å². The fourth-order valence-electron chi connectivity index (χ4n) is 2.87. The van der Waals surface area contributed by atoms with Gasteiger partial charge in [-0.1, -0.05) is 35.8 Å². The smallest absolute Gasteiger partial charge is 0.329 e. The Morgan fingerprint density at radius 1 is 1.43 bits per heavy atom. The van der Waals surface area contributed by atoms with E-state index in [1.807, 2.05) is 24.3 Å². The van der Waals surface area contributed by atoms with Crippen LogP contribution in [0.4, 0.5) is 5.69 Å². The molecule has 0 amide bonds. The van der Waals surface area contributed by atoms with Crippen LogP contribution in [0.2, 0.25) is 0 Å². The number of piperidine rings is 1. The van der Waals surface area contributed by atoms with E-state index < -0.39 is 11.5 Å². The maximum Gasteiger partial charge on any atom is 0.329 e. The van der Waals surface area contributed by atoms with Crippen molar-refractivity contribution >= 4 is 27.6 Å². The Hall–Kier alpha value is -1.07. The summed E-state index contributed by atoms with van der Waals surface area (Å²) in [5, 5.41) is 12.9. The van der Waals surface area contributed by atoms with Crippen LogP contribution >= 0.6 is 15.9 Å². The van der Waals surface area contributed by atoms with Gasteiger partial charge in [-0.15, -0.1) is 0 Å². The van der Waals surface area contributed by atoms with Crippen molar-refractivity contribution in [1.29, 1.82) is 0 Å². The van der Waals surface area contributed by atoms with E-state index in [2.05, 4.69) is 40.0 Å². The largest absolute Gasteiger partial charge is 0.480 e. The molecule has 1 aliphatic rings. The minimum absolute atomic E-state index is 0.611. The molecule has 1 aliphatic heterocycles. The summed E-state index contributed by atoms with van der Waals surface area (Å²) in [5.74, 6) is -0.146. The second kappa shape index (κ2) is 6.79. The molecule has 1 saturated heterocycles. The number of nitrogens with one attached hydrogen (secondary N) is 1. The summed E-state index contributed by atoms with van der Waals surface area (Å²) >= 11 is 3.42. The van der Waals surface area contributed by atoms with Crippen molar-refractivity contribution in [3.8, 4) is 0 Å². The molecule has 1 heterocycles. The highest BCUT2D eigenvalue weighted by Gasteiger charge is 2.41. The van der Waals surface area contributed by atoms with E-state index in [9.17, 15) is 9.90 Å². The SMILES string of the molecule is CC(C)CN1CCC(Nc2cccc(Br)c2)(C(=O)O)CC1. The van der Waals surface area contributed by atoms with Gasteiger partial charge in [0.1, 0.15) is 5.54 Å². The third-order valence-electron chi connectivity index (χ3n) is 3.95. The molecule has 0 saturated carbocycles. The third kappa shape index (κ3) is 4.20. The molecule has 2 N–H and O–H groups in total. The van der Waals surface area contributed by atoms with Gasteiger partial charge in [-0.3, -0.25) is 0 Å². The van der Waals surface area contributed by atoms with Crippen LogP contribution < -0.4 is 5.32 Å². The average molecular weight is 355 g/mol. The highest BCUT2D eigenvalue weighted by atomic mass is 79.9. The number of rotatable bonds is 5. The first kappa shape index (κ1) is 16.3. The predicted octanol–water partition coefficient (Wildman–Crippen LogP) is 3.44. The standard InChI is InChI=1S/C16H23BrN2O2/c1-12(2)11-19-8-6-16(7-9-19,15(20)21)18-14-5-3-4-13(17)10-14/h3-5,10,12,18H,6-9,11H2,1-2H3,(H,20,21). The Labute approximate surface area is 134 Å². The van der Waals surface area contributed by atoms with Gasteiger partial charge in [0.25, 0.3) is 0 Å². The normalized spacial score (nSPS) is 18.7. The predicted molar refractivity (Wildman–Crippen MR) is 88.6 cm³/mol. The molecule has 1 aromatic rings. The maximum atomic E-state index is 11.8. The highest BCUT2D eigenvalue weighted by molar-refractivity contribution is 9.10. The third-order valence-corrected chi connectivity index (χ3v) is 4.44. The summed E-state index contributed by atoms with van der Waals surface area (Å²) in [4.78, 5) is 14.2. The molecular weight excluding hydrogens is 332 g/mol. The van der Waals surface area contributed by atoms with Gasteiger partial charge in [0.05, 0.1) is 0 Å². The van der Waals surface area contributed by atoms with Gasteiger partial charge in [-0.25, -0.2) is 4.79 Å². The van der Waals surface area contributed by atoms with Gasteiger partial charge in [0.2, 0.25) is 0 Å². The summed E-state index contributed by atoms with van der Waals surface area (Å²) in [6.45, 7) is 7.07. The number of carboxylic acids is 1. The molecule has 2 rings (SSSR count).